The molecule has 0 fully saturated rings. The van der Waals surface area contributed by atoms with Gasteiger partial charge in [-0.2, -0.15) is 11.8 Å². The molecule has 0 aliphatic carbocycles. The number of amides is 3. The Kier molecular flexibility index (Phi) is 9.50. The summed E-state index contributed by atoms with van der Waals surface area (Å²) < 4.78 is 13.6. The van der Waals surface area contributed by atoms with E-state index < -0.39 is 6.04 Å². The second kappa shape index (κ2) is 12.1. The molecule has 0 saturated heterocycles. The molecule has 156 valence electrons. The van der Waals surface area contributed by atoms with Crippen molar-refractivity contribution in [2.75, 3.05) is 12.3 Å². The minimum absolute atomic E-state index is 0.0523. The van der Waals surface area contributed by atoms with E-state index in [0.717, 1.165) is 5.56 Å². The highest BCUT2D eigenvalue weighted by atomic mass is 32.2. The van der Waals surface area contributed by atoms with Crippen LogP contribution in [0.15, 0.2) is 54.6 Å². The third-order valence-corrected chi connectivity index (χ3v) is 5.30. The molecule has 0 radical (unpaired) electrons. The van der Waals surface area contributed by atoms with Crippen molar-refractivity contribution in [2.24, 2.45) is 5.92 Å². The SMILES string of the molecule is CC(C)[C@@H](NC(=O)NCc1ccccc1)C(=O)NCCSCc1ccccc1F. The van der Waals surface area contributed by atoms with Gasteiger partial charge in [0.15, 0.2) is 0 Å². The van der Waals surface area contributed by atoms with Gasteiger partial charge in [0.1, 0.15) is 11.9 Å². The Morgan fingerprint density at radius 3 is 2.38 bits per heavy atom. The lowest BCUT2D eigenvalue weighted by Gasteiger charge is -2.22. The van der Waals surface area contributed by atoms with E-state index in [1.165, 1.54) is 6.07 Å². The number of nitrogens with one attached hydrogen (secondary N) is 3. The molecule has 0 aromatic heterocycles. The molecular weight excluding hydrogens is 389 g/mol. The van der Waals surface area contributed by atoms with Gasteiger partial charge in [-0.15, -0.1) is 0 Å². The van der Waals surface area contributed by atoms with Crippen LogP contribution in [0, 0.1) is 11.7 Å². The maximum Gasteiger partial charge on any atom is 0.315 e. The van der Waals surface area contributed by atoms with Gasteiger partial charge in [-0.1, -0.05) is 62.4 Å². The molecule has 0 unspecified atom stereocenters. The molecule has 29 heavy (non-hydrogen) atoms. The second-order valence-corrected chi connectivity index (χ2v) is 8.07. The van der Waals surface area contributed by atoms with Crippen molar-refractivity contribution in [3.63, 3.8) is 0 Å². The van der Waals surface area contributed by atoms with Crippen LogP contribution in [0.3, 0.4) is 0 Å². The van der Waals surface area contributed by atoms with Crippen LogP contribution >= 0.6 is 11.8 Å². The summed E-state index contributed by atoms with van der Waals surface area (Å²) in [7, 11) is 0. The van der Waals surface area contributed by atoms with E-state index in [-0.39, 0.29) is 23.7 Å². The van der Waals surface area contributed by atoms with E-state index in [0.29, 0.717) is 30.2 Å². The van der Waals surface area contributed by atoms with Crippen LogP contribution < -0.4 is 16.0 Å². The Morgan fingerprint density at radius 2 is 1.69 bits per heavy atom. The fourth-order valence-electron chi connectivity index (χ4n) is 2.66. The van der Waals surface area contributed by atoms with E-state index in [4.69, 9.17) is 0 Å². The van der Waals surface area contributed by atoms with Crippen LogP contribution in [0.4, 0.5) is 9.18 Å². The number of thioether (sulfide) groups is 1. The lowest BCUT2D eigenvalue weighted by Crippen LogP contribution is -2.52. The smallest absolute Gasteiger partial charge is 0.315 e. The zero-order valence-corrected chi connectivity index (χ0v) is 17.6. The fourth-order valence-corrected chi connectivity index (χ4v) is 3.50. The predicted molar refractivity (Wildman–Crippen MR) is 116 cm³/mol. The topological polar surface area (TPSA) is 70.2 Å². The van der Waals surface area contributed by atoms with E-state index >= 15 is 0 Å². The average Bonchev–Trinajstić information content (AvgIpc) is 2.72. The zero-order chi connectivity index (χ0) is 21.1. The molecule has 3 amide bonds. The lowest BCUT2D eigenvalue weighted by molar-refractivity contribution is -0.123. The monoisotopic (exact) mass is 417 g/mol. The molecule has 2 aromatic rings. The number of halogens is 1. The number of hydrogen-bond donors (Lipinski definition) is 3. The molecule has 0 aliphatic heterocycles. The van der Waals surface area contributed by atoms with Crippen LogP contribution in [-0.2, 0) is 17.1 Å². The number of carbonyl (C=O) groups excluding carboxylic acids is 2. The Morgan fingerprint density at radius 1 is 1.00 bits per heavy atom. The predicted octanol–water partition coefficient (Wildman–Crippen LogP) is 3.70. The number of carbonyl (C=O) groups is 2. The summed E-state index contributed by atoms with van der Waals surface area (Å²) >= 11 is 1.55. The molecule has 5 nitrogen and oxygen atoms in total. The number of hydrogen-bond acceptors (Lipinski definition) is 3. The molecule has 0 saturated carbocycles. The largest absolute Gasteiger partial charge is 0.353 e. The van der Waals surface area contributed by atoms with Crippen LogP contribution in [0.5, 0.6) is 0 Å². The fraction of sp³-hybridized carbons (Fsp3) is 0.364. The first-order chi connectivity index (χ1) is 14.0. The van der Waals surface area contributed by atoms with Gasteiger partial charge in [-0.05, 0) is 23.1 Å². The maximum absolute atomic E-state index is 13.6. The van der Waals surface area contributed by atoms with Gasteiger partial charge >= 0.3 is 6.03 Å². The Hall–Kier alpha value is -2.54. The van der Waals surface area contributed by atoms with E-state index in [9.17, 15) is 14.0 Å². The van der Waals surface area contributed by atoms with Crippen molar-refractivity contribution in [1.29, 1.82) is 0 Å². The van der Waals surface area contributed by atoms with Gasteiger partial charge < -0.3 is 16.0 Å². The Bertz CT molecular complexity index is 787. The molecule has 0 spiro atoms. The van der Waals surface area contributed by atoms with Gasteiger partial charge in [-0.3, -0.25) is 4.79 Å². The highest BCUT2D eigenvalue weighted by Gasteiger charge is 2.23. The maximum atomic E-state index is 13.6. The van der Waals surface area contributed by atoms with Crippen LogP contribution in [0.1, 0.15) is 25.0 Å². The summed E-state index contributed by atoms with van der Waals surface area (Å²) in [6.07, 6.45) is 0. The first-order valence-electron chi connectivity index (χ1n) is 9.64. The Balaban J connectivity index is 1.71. The second-order valence-electron chi connectivity index (χ2n) is 6.97. The standard InChI is InChI=1S/C22H28FN3O2S/c1-16(2)20(26-22(28)25-14-17-8-4-3-5-9-17)21(27)24-12-13-29-15-18-10-6-7-11-19(18)23/h3-11,16,20H,12-15H2,1-2H3,(H,24,27)(H2,25,26,28)/t20-/m1/s1. The molecule has 0 heterocycles. The number of rotatable bonds is 10. The highest BCUT2D eigenvalue weighted by molar-refractivity contribution is 7.98. The molecule has 2 aromatic carbocycles. The van der Waals surface area contributed by atoms with Crippen molar-refractivity contribution >= 4 is 23.7 Å². The van der Waals surface area contributed by atoms with E-state index in [1.54, 1.807) is 23.9 Å². The zero-order valence-electron chi connectivity index (χ0n) is 16.8. The highest BCUT2D eigenvalue weighted by Crippen LogP contribution is 2.14. The molecular formula is C22H28FN3O2S. The Labute approximate surface area is 175 Å². The molecule has 2 rings (SSSR count). The first kappa shape index (κ1) is 22.7. The van der Waals surface area contributed by atoms with E-state index in [1.807, 2.05) is 50.2 Å². The molecule has 7 heteroatoms. The summed E-state index contributed by atoms with van der Waals surface area (Å²) in [5.41, 5.74) is 1.64. The molecule has 0 bridgehead atoms. The van der Waals surface area contributed by atoms with E-state index in [2.05, 4.69) is 16.0 Å². The summed E-state index contributed by atoms with van der Waals surface area (Å²) in [5, 5.41) is 8.36. The third-order valence-electron chi connectivity index (χ3n) is 4.29. The van der Waals surface area contributed by atoms with Gasteiger partial charge in [0.2, 0.25) is 5.91 Å². The van der Waals surface area contributed by atoms with Gasteiger partial charge in [0, 0.05) is 24.6 Å². The van der Waals surface area contributed by atoms with Gasteiger partial charge in [0.25, 0.3) is 0 Å². The normalized spacial score (nSPS) is 11.7. The van der Waals surface area contributed by atoms with Crippen molar-refractivity contribution in [3.8, 4) is 0 Å². The summed E-state index contributed by atoms with van der Waals surface area (Å²) in [6.45, 7) is 4.61. The van der Waals surface area contributed by atoms with Crippen LogP contribution in [0.2, 0.25) is 0 Å². The minimum Gasteiger partial charge on any atom is -0.353 e. The van der Waals surface area contributed by atoms with Crippen molar-refractivity contribution in [3.05, 3.63) is 71.5 Å². The van der Waals surface area contributed by atoms with Crippen molar-refractivity contribution in [2.45, 2.75) is 32.2 Å². The molecule has 3 N–H and O–H groups in total. The van der Waals surface area contributed by atoms with Crippen LogP contribution in [-0.4, -0.2) is 30.3 Å². The average molecular weight is 418 g/mol. The summed E-state index contributed by atoms with van der Waals surface area (Å²) in [6, 6.07) is 15.2. The quantitative estimate of drug-likeness (QED) is 0.516. The van der Waals surface area contributed by atoms with Crippen molar-refractivity contribution < 1.29 is 14.0 Å². The summed E-state index contributed by atoms with van der Waals surface area (Å²) in [5.74, 6) is 0.723. The summed E-state index contributed by atoms with van der Waals surface area (Å²) in [4.78, 5) is 24.6. The first-order valence-corrected chi connectivity index (χ1v) is 10.8. The van der Waals surface area contributed by atoms with Crippen molar-refractivity contribution in [1.82, 2.24) is 16.0 Å². The lowest BCUT2D eigenvalue weighted by atomic mass is 10.0. The third kappa shape index (κ3) is 8.15. The number of urea groups is 1. The molecule has 0 aliphatic rings. The van der Waals surface area contributed by atoms with Crippen LogP contribution in [0.25, 0.3) is 0 Å². The minimum atomic E-state index is -0.623. The van der Waals surface area contributed by atoms with Gasteiger partial charge in [0.05, 0.1) is 0 Å². The van der Waals surface area contributed by atoms with Gasteiger partial charge in [-0.25, -0.2) is 9.18 Å². The molecule has 1 atom stereocenters. The number of benzene rings is 2.